The van der Waals surface area contributed by atoms with Gasteiger partial charge < -0.3 is 9.47 Å². The molecule has 150 valence electrons. The maximum atomic E-state index is 12.5. The smallest absolute Gasteiger partial charge is 0.306 e. The molecule has 2 rings (SSSR count). The van der Waals surface area contributed by atoms with Crippen molar-refractivity contribution in [1.29, 1.82) is 0 Å². The molecule has 0 atom stereocenters. The average Bonchev–Trinajstić information content (AvgIpc) is 2.69. The number of hydrogen-bond donors (Lipinski definition) is 0. The molecule has 0 saturated carbocycles. The number of hydrogen-bond acceptors (Lipinski definition) is 3. The Kier molecular flexibility index (Phi) is 9.84. The molecule has 0 radical (unpaired) electrons. The zero-order valence-corrected chi connectivity index (χ0v) is 16.4. The van der Waals surface area contributed by atoms with Gasteiger partial charge in [-0.25, -0.2) is 4.39 Å². The summed E-state index contributed by atoms with van der Waals surface area (Å²) in [5, 5.41) is 0. The third-order valence-electron chi connectivity index (χ3n) is 4.36. The minimum Gasteiger partial charge on any atom is -0.461 e. The van der Waals surface area contributed by atoms with E-state index in [1.165, 1.54) is 0 Å². The SMILES string of the molecule is C=C(F)CCCCCCCCC(=O)OCc1cccc(Oc2ccccc2)c1. The normalized spacial score (nSPS) is 10.5. The van der Waals surface area contributed by atoms with Crippen LogP contribution in [0, 0.1) is 0 Å². The van der Waals surface area contributed by atoms with Gasteiger partial charge in [0.05, 0.1) is 5.83 Å². The van der Waals surface area contributed by atoms with E-state index in [4.69, 9.17) is 9.47 Å². The Morgan fingerprint density at radius 3 is 2.18 bits per heavy atom. The molecule has 0 fully saturated rings. The number of allylic oxidation sites excluding steroid dienone is 1. The third kappa shape index (κ3) is 9.36. The van der Waals surface area contributed by atoms with Crippen LogP contribution in [0.5, 0.6) is 11.5 Å². The van der Waals surface area contributed by atoms with Crippen molar-refractivity contribution in [3.8, 4) is 11.5 Å². The van der Waals surface area contributed by atoms with Gasteiger partial charge in [0.15, 0.2) is 0 Å². The van der Waals surface area contributed by atoms with Gasteiger partial charge in [0.1, 0.15) is 18.1 Å². The van der Waals surface area contributed by atoms with Gasteiger partial charge in [-0.2, -0.15) is 0 Å². The highest BCUT2D eigenvalue weighted by molar-refractivity contribution is 5.69. The van der Waals surface area contributed by atoms with Crippen molar-refractivity contribution in [2.24, 2.45) is 0 Å². The van der Waals surface area contributed by atoms with E-state index < -0.39 is 0 Å². The molecule has 2 aromatic rings. The standard InChI is InChI=1S/C24H29FO3/c1-20(25)12-7-4-2-3-5-10-17-24(26)27-19-21-13-11-16-23(18-21)28-22-14-8-6-9-15-22/h6,8-9,11,13-16,18H,1-5,7,10,12,17,19H2. The summed E-state index contributed by atoms with van der Waals surface area (Å²) in [4.78, 5) is 11.9. The second kappa shape index (κ2) is 12.7. The van der Waals surface area contributed by atoms with Crippen LogP contribution in [0.1, 0.15) is 56.9 Å². The number of benzene rings is 2. The number of para-hydroxylation sites is 1. The Labute approximate surface area is 167 Å². The molecule has 0 aliphatic heterocycles. The average molecular weight is 384 g/mol. The van der Waals surface area contributed by atoms with Crippen molar-refractivity contribution >= 4 is 5.97 Å². The fourth-order valence-corrected chi connectivity index (χ4v) is 2.85. The summed E-state index contributed by atoms with van der Waals surface area (Å²) in [6.07, 6.45) is 6.70. The highest BCUT2D eigenvalue weighted by atomic mass is 19.1. The lowest BCUT2D eigenvalue weighted by Crippen LogP contribution is -2.04. The lowest BCUT2D eigenvalue weighted by molar-refractivity contribution is -0.145. The number of rotatable bonds is 13. The highest BCUT2D eigenvalue weighted by Crippen LogP contribution is 2.22. The number of ether oxygens (including phenoxy) is 2. The van der Waals surface area contributed by atoms with Gasteiger partial charge in [-0.3, -0.25) is 4.79 Å². The Bertz CT molecular complexity index is 728. The van der Waals surface area contributed by atoms with Crippen LogP contribution in [0.4, 0.5) is 4.39 Å². The lowest BCUT2D eigenvalue weighted by atomic mass is 10.1. The predicted molar refractivity (Wildman–Crippen MR) is 110 cm³/mol. The number of carbonyl (C=O) groups excluding carboxylic acids is 1. The molecular weight excluding hydrogens is 355 g/mol. The van der Waals surface area contributed by atoms with Crippen LogP contribution in [0.3, 0.4) is 0 Å². The monoisotopic (exact) mass is 384 g/mol. The van der Waals surface area contributed by atoms with E-state index in [0.717, 1.165) is 55.6 Å². The van der Waals surface area contributed by atoms with Crippen molar-refractivity contribution < 1.29 is 18.7 Å². The highest BCUT2D eigenvalue weighted by Gasteiger charge is 2.05. The van der Waals surface area contributed by atoms with Gasteiger partial charge in [0.2, 0.25) is 0 Å². The maximum Gasteiger partial charge on any atom is 0.306 e. The predicted octanol–water partition coefficient (Wildman–Crippen LogP) is 7.13. The molecule has 0 N–H and O–H groups in total. The molecule has 2 aromatic carbocycles. The quantitative estimate of drug-likeness (QED) is 0.272. The van der Waals surface area contributed by atoms with E-state index in [1.54, 1.807) is 0 Å². The van der Waals surface area contributed by atoms with E-state index >= 15 is 0 Å². The van der Waals surface area contributed by atoms with E-state index in [9.17, 15) is 9.18 Å². The van der Waals surface area contributed by atoms with E-state index in [2.05, 4.69) is 6.58 Å². The Hall–Kier alpha value is -2.62. The summed E-state index contributed by atoms with van der Waals surface area (Å²) in [7, 11) is 0. The van der Waals surface area contributed by atoms with Crippen molar-refractivity contribution in [3.05, 3.63) is 72.6 Å². The summed E-state index contributed by atoms with van der Waals surface area (Å²) in [5.41, 5.74) is 0.899. The minimum absolute atomic E-state index is 0.178. The zero-order valence-electron chi connectivity index (χ0n) is 16.4. The molecule has 0 bridgehead atoms. The van der Waals surface area contributed by atoms with Gasteiger partial charge in [0.25, 0.3) is 0 Å². The number of unbranched alkanes of at least 4 members (excludes halogenated alkanes) is 5. The second-order valence-electron chi connectivity index (χ2n) is 6.86. The van der Waals surface area contributed by atoms with Crippen LogP contribution in [0.2, 0.25) is 0 Å². The van der Waals surface area contributed by atoms with Gasteiger partial charge in [0, 0.05) is 6.42 Å². The summed E-state index contributed by atoms with van der Waals surface area (Å²) in [6.45, 7) is 3.51. The van der Waals surface area contributed by atoms with E-state index in [1.807, 2.05) is 54.6 Å². The fraction of sp³-hybridized carbons (Fsp3) is 0.375. The van der Waals surface area contributed by atoms with E-state index in [-0.39, 0.29) is 18.4 Å². The number of halogens is 1. The molecule has 0 unspecified atom stereocenters. The van der Waals surface area contributed by atoms with Crippen LogP contribution in [0.25, 0.3) is 0 Å². The van der Waals surface area contributed by atoms with E-state index in [0.29, 0.717) is 12.8 Å². The minimum atomic E-state index is -0.236. The van der Waals surface area contributed by atoms with Crippen molar-refractivity contribution in [2.45, 2.75) is 58.0 Å². The summed E-state index contributed by atoms with van der Waals surface area (Å²) < 4.78 is 23.6. The van der Waals surface area contributed by atoms with Crippen molar-refractivity contribution in [2.75, 3.05) is 0 Å². The lowest BCUT2D eigenvalue weighted by Gasteiger charge is -2.08. The number of carbonyl (C=O) groups is 1. The van der Waals surface area contributed by atoms with Crippen LogP contribution < -0.4 is 4.74 Å². The summed E-state index contributed by atoms with van der Waals surface area (Å²) >= 11 is 0. The third-order valence-corrected chi connectivity index (χ3v) is 4.36. The van der Waals surface area contributed by atoms with Crippen LogP contribution in [-0.2, 0) is 16.1 Å². The molecular formula is C24H29FO3. The largest absolute Gasteiger partial charge is 0.461 e. The first kappa shape index (κ1) is 21.7. The molecule has 0 heterocycles. The van der Waals surface area contributed by atoms with Crippen LogP contribution >= 0.6 is 0 Å². The first-order valence-corrected chi connectivity index (χ1v) is 9.94. The zero-order chi connectivity index (χ0) is 20.0. The molecule has 4 heteroatoms. The van der Waals surface area contributed by atoms with Gasteiger partial charge >= 0.3 is 5.97 Å². The first-order valence-electron chi connectivity index (χ1n) is 9.94. The maximum absolute atomic E-state index is 12.5. The molecule has 0 aromatic heterocycles. The number of esters is 1. The molecule has 0 aliphatic carbocycles. The van der Waals surface area contributed by atoms with Crippen LogP contribution in [0.15, 0.2) is 67.0 Å². The van der Waals surface area contributed by atoms with Gasteiger partial charge in [-0.05, 0) is 49.1 Å². The second-order valence-corrected chi connectivity index (χ2v) is 6.86. The Balaban J connectivity index is 1.59. The van der Waals surface area contributed by atoms with Crippen molar-refractivity contribution in [3.63, 3.8) is 0 Å². The molecule has 3 nitrogen and oxygen atoms in total. The molecule has 0 spiro atoms. The van der Waals surface area contributed by atoms with Crippen molar-refractivity contribution in [1.82, 2.24) is 0 Å². The Morgan fingerprint density at radius 1 is 0.821 bits per heavy atom. The fourth-order valence-electron chi connectivity index (χ4n) is 2.85. The molecule has 0 amide bonds. The summed E-state index contributed by atoms with van der Waals surface area (Å²) in [6, 6.07) is 17.1. The van der Waals surface area contributed by atoms with Crippen LogP contribution in [-0.4, -0.2) is 5.97 Å². The van der Waals surface area contributed by atoms with Gasteiger partial charge in [-0.1, -0.05) is 62.6 Å². The molecule has 0 aliphatic rings. The first-order chi connectivity index (χ1) is 13.6. The molecule has 28 heavy (non-hydrogen) atoms. The Morgan fingerprint density at radius 2 is 1.46 bits per heavy atom. The molecule has 0 saturated heterocycles. The topological polar surface area (TPSA) is 35.5 Å². The van der Waals surface area contributed by atoms with Gasteiger partial charge in [-0.15, -0.1) is 0 Å². The summed E-state index contributed by atoms with van der Waals surface area (Å²) in [5.74, 6) is 1.07.